The Morgan fingerprint density at radius 3 is 2.71 bits per heavy atom. The highest BCUT2D eigenvalue weighted by Gasteiger charge is 2.54. The monoisotopic (exact) mass is 485 g/mol. The number of ether oxygens (including phenoxy) is 2. The largest absolute Gasteiger partial charge is 0.486 e. The standard InChI is InChI=1S/C24H25F2N5O4/c1-23(25,26)13-34-15-4-5-19-18(11-29-31(19)12-15)21(33)30-14-7-24(8-14)9-16(10-24)35-22-17(20(27)32)3-2-6-28-22/h2-6,11-12,14,16H,7-10,13H2,1H3,(H2,27,32)(H,30,33). The summed E-state index contributed by atoms with van der Waals surface area (Å²) in [6, 6.07) is 6.44. The van der Waals surface area contributed by atoms with Gasteiger partial charge in [-0.05, 0) is 55.4 Å². The number of hydrogen-bond acceptors (Lipinski definition) is 6. The minimum Gasteiger partial charge on any atom is -0.486 e. The molecule has 0 unspecified atom stereocenters. The average Bonchev–Trinajstić information content (AvgIpc) is 3.17. The van der Waals surface area contributed by atoms with E-state index in [1.165, 1.54) is 23.0 Å². The first kappa shape index (κ1) is 23.0. The summed E-state index contributed by atoms with van der Waals surface area (Å²) in [5.74, 6) is -3.26. The maximum absolute atomic E-state index is 13.0. The number of nitrogens with one attached hydrogen (secondary N) is 1. The highest BCUT2D eigenvalue weighted by atomic mass is 19.3. The highest BCUT2D eigenvalue weighted by Crippen LogP contribution is 2.56. The van der Waals surface area contributed by atoms with E-state index >= 15 is 0 Å². The van der Waals surface area contributed by atoms with E-state index in [1.54, 1.807) is 24.4 Å². The molecule has 2 amide bonds. The van der Waals surface area contributed by atoms with E-state index in [1.807, 2.05) is 0 Å². The molecule has 0 bridgehead atoms. The fraction of sp³-hybridized carbons (Fsp3) is 0.417. The average molecular weight is 485 g/mol. The van der Waals surface area contributed by atoms with Gasteiger partial charge < -0.3 is 20.5 Å². The van der Waals surface area contributed by atoms with Crippen LogP contribution in [0.1, 0.15) is 53.3 Å². The predicted octanol–water partition coefficient (Wildman–Crippen LogP) is 2.98. The van der Waals surface area contributed by atoms with Crippen LogP contribution in [0.2, 0.25) is 0 Å². The Labute approximate surface area is 199 Å². The lowest BCUT2D eigenvalue weighted by molar-refractivity contribution is -0.0848. The number of fused-ring (bicyclic) bond motifs is 1. The molecular formula is C24H25F2N5O4. The Morgan fingerprint density at radius 2 is 2.00 bits per heavy atom. The molecule has 0 aromatic carbocycles. The van der Waals surface area contributed by atoms with Gasteiger partial charge in [-0.2, -0.15) is 5.10 Å². The van der Waals surface area contributed by atoms with Crippen molar-refractivity contribution in [2.24, 2.45) is 11.1 Å². The van der Waals surface area contributed by atoms with Gasteiger partial charge >= 0.3 is 0 Å². The van der Waals surface area contributed by atoms with Crippen molar-refractivity contribution >= 4 is 17.3 Å². The summed E-state index contributed by atoms with van der Waals surface area (Å²) < 4.78 is 38.4. The van der Waals surface area contributed by atoms with Gasteiger partial charge in [0, 0.05) is 19.2 Å². The number of amides is 2. The number of carbonyl (C=O) groups excluding carboxylic acids is 2. The predicted molar refractivity (Wildman–Crippen MR) is 121 cm³/mol. The summed E-state index contributed by atoms with van der Waals surface area (Å²) >= 11 is 0. The molecule has 184 valence electrons. The molecular weight excluding hydrogens is 460 g/mol. The Hall–Kier alpha value is -3.76. The summed E-state index contributed by atoms with van der Waals surface area (Å²) in [5.41, 5.74) is 6.73. The van der Waals surface area contributed by atoms with Gasteiger partial charge in [0.15, 0.2) is 6.61 Å². The van der Waals surface area contributed by atoms with E-state index in [0.29, 0.717) is 11.1 Å². The lowest BCUT2D eigenvalue weighted by Gasteiger charge is -2.57. The smallest absolute Gasteiger partial charge is 0.278 e. The van der Waals surface area contributed by atoms with Gasteiger partial charge in [-0.1, -0.05) is 0 Å². The van der Waals surface area contributed by atoms with Gasteiger partial charge in [0.05, 0.1) is 23.5 Å². The van der Waals surface area contributed by atoms with Crippen molar-refractivity contribution in [3.05, 3.63) is 54.0 Å². The number of halogens is 2. The molecule has 9 nitrogen and oxygen atoms in total. The van der Waals surface area contributed by atoms with Crippen LogP contribution in [0.4, 0.5) is 8.78 Å². The van der Waals surface area contributed by atoms with Crippen molar-refractivity contribution in [2.45, 2.75) is 50.7 Å². The van der Waals surface area contributed by atoms with Crippen LogP contribution in [0.5, 0.6) is 11.6 Å². The third-order valence-electron chi connectivity index (χ3n) is 6.56. The van der Waals surface area contributed by atoms with Crippen molar-refractivity contribution in [1.82, 2.24) is 19.9 Å². The number of rotatable bonds is 8. The molecule has 2 aliphatic rings. The Morgan fingerprint density at radius 1 is 1.23 bits per heavy atom. The van der Waals surface area contributed by atoms with Crippen LogP contribution in [0.3, 0.4) is 0 Å². The molecule has 35 heavy (non-hydrogen) atoms. The van der Waals surface area contributed by atoms with Crippen LogP contribution in [-0.2, 0) is 0 Å². The molecule has 0 atom stereocenters. The third-order valence-corrected chi connectivity index (χ3v) is 6.56. The number of nitrogens with zero attached hydrogens (tertiary/aromatic N) is 3. The number of carbonyl (C=O) groups is 2. The Bertz CT molecular complexity index is 1270. The van der Waals surface area contributed by atoms with E-state index < -0.39 is 18.4 Å². The summed E-state index contributed by atoms with van der Waals surface area (Å²) in [7, 11) is 0. The molecule has 0 aliphatic heterocycles. The summed E-state index contributed by atoms with van der Waals surface area (Å²) in [4.78, 5) is 28.5. The first-order valence-corrected chi connectivity index (χ1v) is 11.3. The molecule has 3 heterocycles. The molecule has 11 heteroatoms. The van der Waals surface area contributed by atoms with Gasteiger partial charge in [-0.15, -0.1) is 0 Å². The van der Waals surface area contributed by atoms with Crippen LogP contribution < -0.4 is 20.5 Å². The van der Waals surface area contributed by atoms with Gasteiger partial charge in [0.25, 0.3) is 17.7 Å². The summed E-state index contributed by atoms with van der Waals surface area (Å²) in [5, 5.41) is 7.20. The number of hydrogen-bond donors (Lipinski definition) is 2. The maximum Gasteiger partial charge on any atom is 0.278 e. The molecule has 2 saturated carbocycles. The lowest BCUT2D eigenvalue weighted by Crippen LogP contribution is -2.58. The topological polar surface area (TPSA) is 121 Å². The van der Waals surface area contributed by atoms with Crippen molar-refractivity contribution < 1.29 is 27.8 Å². The van der Waals surface area contributed by atoms with Crippen LogP contribution in [0.15, 0.2) is 42.9 Å². The molecule has 3 N–H and O–H groups in total. The number of pyridine rings is 2. The lowest BCUT2D eigenvalue weighted by atomic mass is 9.53. The second kappa shape index (κ2) is 8.47. The zero-order chi connectivity index (χ0) is 24.8. The minimum atomic E-state index is -2.94. The maximum atomic E-state index is 13.0. The third kappa shape index (κ3) is 4.75. The van der Waals surface area contributed by atoms with E-state index in [2.05, 4.69) is 15.4 Å². The van der Waals surface area contributed by atoms with Crippen LogP contribution >= 0.6 is 0 Å². The van der Waals surface area contributed by atoms with Gasteiger partial charge in [0.2, 0.25) is 5.88 Å². The fourth-order valence-corrected chi connectivity index (χ4v) is 4.94. The molecule has 3 aromatic rings. The number of alkyl halides is 2. The van der Waals surface area contributed by atoms with E-state index in [0.717, 1.165) is 32.6 Å². The van der Waals surface area contributed by atoms with Crippen LogP contribution in [-0.4, -0.2) is 51.1 Å². The van der Waals surface area contributed by atoms with Crippen molar-refractivity contribution in [3.63, 3.8) is 0 Å². The molecule has 1 spiro atoms. The number of nitrogens with two attached hydrogens (primary N) is 1. The molecule has 3 aromatic heterocycles. The zero-order valence-corrected chi connectivity index (χ0v) is 19.0. The first-order valence-electron chi connectivity index (χ1n) is 11.3. The van der Waals surface area contributed by atoms with E-state index in [4.69, 9.17) is 15.2 Å². The van der Waals surface area contributed by atoms with Crippen LogP contribution in [0, 0.1) is 5.41 Å². The molecule has 0 radical (unpaired) electrons. The second-order valence-electron chi connectivity index (χ2n) is 9.56. The highest BCUT2D eigenvalue weighted by molar-refractivity contribution is 6.00. The summed E-state index contributed by atoms with van der Waals surface area (Å²) in [6.45, 7) is 0.0418. The first-order chi connectivity index (χ1) is 16.6. The van der Waals surface area contributed by atoms with Gasteiger partial charge in [-0.25, -0.2) is 18.3 Å². The fourth-order valence-electron chi connectivity index (χ4n) is 4.94. The van der Waals surface area contributed by atoms with Crippen molar-refractivity contribution in [1.29, 1.82) is 0 Å². The SMILES string of the molecule is CC(F)(F)COc1ccc2c(C(=O)NC3CC4(C3)CC(Oc3ncccc3C(N)=O)C4)cnn2c1. The zero-order valence-electron chi connectivity index (χ0n) is 19.0. The van der Waals surface area contributed by atoms with E-state index in [9.17, 15) is 18.4 Å². The minimum absolute atomic E-state index is 0.0386. The van der Waals surface area contributed by atoms with Gasteiger partial charge in [0.1, 0.15) is 17.4 Å². The Balaban J connectivity index is 1.13. The summed E-state index contributed by atoms with van der Waals surface area (Å²) in [6.07, 6.45) is 7.77. The second-order valence-corrected chi connectivity index (χ2v) is 9.56. The van der Waals surface area contributed by atoms with Crippen molar-refractivity contribution in [2.75, 3.05) is 6.61 Å². The Kier molecular flexibility index (Phi) is 5.57. The number of aromatic nitrogens is 3. The quantitative estimate of drug-likeness (QED) is 0.506. The number of primary amides is 1. The molecule has 0 saturated heterocycles. The molecule has 5 rings (SSSR count). The van der Waals surface area contributed by atoms with E-state index in [-0.39, 0.29) is 40.7 Å². The normalized spacial score (nSPS) is 23.4. The van der Waals surface area contributed by atoms with Crippen molar-refractivity contribution in [3.8, 4) is 11.6 Å². The van der Waals surface area contributed by atoms with Gasteiger partial charge in [-0.3, -0.25) is 9.59 Å². The van der Waals surface area contributed by atoms with Crippen LogP contribution in [0.25, 0.3) is 5.52 Å². The molecule has 2 aliphatic carbocycles. The molecule has 2 fully saturated rings.